The van der Waals surface area contributed by atoms with Crippen LogP contribution < -0.4 is 4.74 Å². The monoisotopic (exact) mass is 441 g/mol. The smallest absolute Gasteiger partial charge is 0.247 e. The second-order valence-corrected chi connectivity index (χ2v) is 11.3. The Kier molecular flexibility index (Phi) is 6.90. The maximum absolute atomic E-state index is 13.1. The normalized spacial score (nSPS) is 18.3. The maximum atomic E-state index is 13.1. The van der Waals surface area contributed by atoms with Crippen molar-refractivity contribution >= 4 is 21.8 Å². The molecule has 2 aromatic carbocycles. The molecule has 0 spiro atoms. The highest BCUT2D eigenvalue weighted by molar-refractivity contribution is 7.91. The van der Waals surface area contributed by atoms with Crippen LogP contribution in [-0.4, -0.2) is 43.9 Å². The summed E-state index contributed by atoms with van der Waals surface area (Å²) in [4.78, 5) is 14.8. The molecule has 0 bridgehead atoms. The first-order valence-corrected chi connectivity index (χ1v) is 12.3. The van der Waals surface area contributed by atoms with Crippen LogP contribution in [0.4, 0.5) is 0 Å². The van der Waals surface area contributed by atoms with E-state index in [0.717, 1.165) is 16.9 Å². The molecule has 1 fully saturated rings. The van der Waals surface area contributed by atoms with Crippen molar-refractivity contribution in [2.45, 2.75) is 45.2 Å². The number of carbonyl (C=O) groups excluding carboxylic acids is 1. The molecule has 1 aliphatic heterocycles. The van der Waals surface area contributed by atoms with Crippen molar-refractivity contribution in [1.29, 1.82) is 0 Å². The number of methoxy groups -OCH3 is 1. The van der Waals surface area contributed by atoms with Gasteiger partial charge in [-0.05, 0) is 46.7 Å². The number of hydrogen-bond acceptors (Lipinski definition) is 4. The molecule has 166 valence electrons. The molecular weight excluding hydrogens is 410 g/mol. The van der Waals surface area contributed by atoms with Crippen molar-refractivity contribution in [3.8, 4) is 5.75 Å². The van der Waals surface area contributed by atoms with Crippen molar-refractivity contribution in [1.82, 2.24) is 4.90 Å². The van der Waals surface area contributed by atoms with Crippen molar-refractivity contribution < 1.29 is 17.9 Å². The molecule has 1 atom stereocenters. The van der Waals surface area contributed by atoms with Crippen LogP contribution in [-0.2, 0) is 26.6 Å². The van der Waals surface area contributed by atoms with E-state index in [2.05, 4.69) is 32.9 Å². The average Bonchev–Trinajstić information content (AvgIpc) is 3.09. The first-order valence-electron chi connectivity index (χ1n) is 10.5. The molecule has 31 heavy (non-hydrogen) atoms. The molecule has 0 radical (unpaired) electrons. The lowest BCUT2D eigenvalue weighted by Gasteiger charge is -2.27. The van der Waals surface area contributed by atoms with Crippen LogP contribution in [0.3, 0.4) is 0 Å². The minimum Gasteiger partial charge on any atom is -0.497 e. The molecule has 3 rings (SSSR count). The summed E-state index contributed by atoms with van der Waals surface area (Å²) in [5.41, 5.74) is 3.17. The second kappa shape index (κ2) is 9.27. The Morgan fingerprint density at radius 1 is 1.10 bits per heavy atom. The van der Waals surface area contributed by atoms with Gasteiger partial charge in [0, 0.05) is 18.7 Å². The quantitative estimate of drug-likeness (QED) is 0.630. The van der Waals surface area contributed by atoms with Gasteiger partial charge in [0.1, 0.15) is 5.75 Å². The van der Waals surface area contributed by atoms with Crippen LogP contribution in [0.5, 0.6) is 5.75 Å². The van der Waals surface area contributed by atoms with Crippen LogP contribution in [0.15, 0.2) is 54.6 Å². The highest BCUT2D eigenvalue weighted by atomic mass is 32.2. The van der Waals surface area contributed by atoms with E-state index in [9.17, 15) is 13.2 Å². The largest absolute Gasteiger partial charge is 0.497 e. The molecule has 0 saturated carbocycles. The van der Waals surface area contributed by atoms with E-state index in [0.29, 0.717) is 13.0 Å². The number of sulfone groups is 1. The molecule has 1 saturated heterocycles. The van der Waals surface area contributed by atoms with Gasteiger partial charge in [-0.1, -0.05) is 57.2 Å². The van der Waals surface area contributed by atoms with E-state index >= 15 is 0 Å². The fourth-order valence-corrected chi connectivity index (χ4v) is 5.42. The summed E-state index contributed by atoms with van der Waals surface area (Å²) >= 11 is 0. The highest BCUT2D eigenvalue weighted by Crippen LogP contribution is 2.24. The maximum Gasteiger partial charge on any atom is 0.247 e. The van der Waals surface area contributed by atoms with Gasteiger partial charge < -0.3 is 9.64 Å². The molecule has 0 aliphatic carbocycles. The number of ether oxygens (including phenoxy) is 1. The van der Waals surface area contributed by atoms with Crippen LogP contribution in [0, 0.1) is 0 Å². The number of amides is 1. The first-order chi connectivity index (χ1) is 14.6. The molecule has 1 heterocycles. The van der Waals surface area contributed by atoms with Crippen molar-refractivity contribution in [2.75, 3.05) is 18.6 Å². The van der Waals surface area contributed by atoms with E-state index in [1.165, 1.54) is 5.56 Å². The summed E-state index contributed by atoms with van der Waals surface area (Å²) in [7, 11) is -1.50. The molecule has 1 amide bonds. The highest BCUT2D eigenvalue weighted by Gasteiger charge is 2.34. The molecule has 5 nitrogen and oxygen atoms in total. The number of carbonyl (C=O) groups is 1. The molecule has 1 aliphatic rings. The zero-order chi connectivity index (χ0) is 22.6. The number of nitrogens with zero attached hydrogens (tertiary/aromatic N) is 1. The minimum absolute atomic E-state index is 0.0169. The van der Waals surface area contributed by atoms with Crippen LogP contribution in [0.25, 0.3) is 6.08 Å². The lowest BCUT2D eigenvalue weighted by atomic mass is 9.87. The van der Waals surface area contributed by atoms with Gasteiger partial charge in [-0.2, -0.15) is 0 Å². The van der Waals surface area contributed by atoms with Gasteiger partial charge in [0.05, 0.1) is 18.6 Å². The molecule has 0 aromatic heterocycles. The van der Waals surface area contributed by atoms with Gasteiger partial charge in [-0.3, -0.25) is 4.79 Å². The van der Waals surface area contributed by atoms with Crippen molar-refractivity contribution in [3.63, 3.8) is 0 Å². The predicted octanol–water partition coefficient (Wildman–Crippen LogP) is 4.22. The number of benzene rings is 2. The third kappa shape index (κ3) is 6.20. The fraction of sp³-hybridized carbons (Fsp3) is 0.400. The molecule has 6 heteroatoms. The Labute approximate surface area is 185 Å². The Morgan fingerprint density at radius 3 is 2.26 bits per heavy atom. The summed E-state index contributed by atoms with van der Waals surface area (Å²) in [5.74, 6) is 0.701. The zero-order valence-corrected chi connectivity index (χ0v) is 19.5. The SMILES string of the molecule is COc1ccc(CN(C(=O)/C=C/c2ccc(C(C)(C)C)cc2)[C@@H]2CCS(=O)(=O)C2)cc1. The van der Waals surface area contributed by atoms with Crippen LogP contribution >= 0.6 is 0 Å². The Morgan fingerprint density at radius 2 is 1.74 bits per heavy atom. The second-order valence-electron chi connectivity index (χ2n) is 9.08. The Balaban J connectivity index is 1.78. The van der Waals surface area contributed by atoms with Gasteiger partial charge in [-0.25, -0.2) is 8.42 Å². The summed E-state index contributed by atoms with van der Waals surface area (Å²) in [6, 6.07) is 15.3. The third-order valence-electron chi connectivity index (χ3n) is 5.64. The number of rotatable bonds is 6. The summed E-state index contributed by atoms with van der Waals surface area (Å²) in [6.07, 6.45) is 3.80. The fourth-order valence-electron chi connectivity index (χ4n) is 3.69. The van der Waals surface area contributed by atoms with E-state index in [-0.39, 0.29) is 28.9 Å². The van der Waals surface area contributed by atoms with Crippen molar-refractivity contribution in [3.05, 3.63) is 71.3 Å². The molecule has 0 N–H and O–H groups in total. The van der Waals surface area contributed by atoms with E-state index in [1.807, 2.05) is 36.4 Å². The van der Waals surface area contributed by atoms with Crippen molar-refractivity contribution in [2.24, 2.45) is 0 Å². The topological polar surface area (TPSA) is 63.7 Å². The van der Waals surface area contributed by atoms with E-state index in [4.69, 9.17) is 4.74 Å². The predicted molar refractivity (Wildman–Crippen MR) is 125 cm³/mol. The molecule has 0 unspecified atom stereocenters. The minimum atomic E-state index is -3.10. The zero-order valence-electron chi connectivity index (χ0n) is 18.7. The first kappa shape index (κ1) is 23.1. The molecule has 2 aromatic rings. The summed E-state index contributed by atoms with van der Waals surface area (Å²) < 4.78 is 29.2. The van der Waals surface area contributed by atoms with Gasteiger partial charge in [0.15, 0.2) is 9.84 Å². The van der Waals surface area contributed by atoms with E-state index in [1.54, 1.807) is 24.2 Å². The Hall–Kier alpha value is -2.60. The lowest BCUT2D eigenvalue weighted by molar-refractivity contribution is -0.128. The van der Waals surface area contributed by atoms with Gasteiger partial charge in [0.2, 0.25) is 5.91 Å². The van der Waals surface area contributed by atoms with Gasteiger partial charge in [0.25, 0.3) is 0 Å². The van der Waals surface area contributed by atoms with Gasteiger partial charge >= 0.3 is 0 Å². The van der Waals surface area contributed by atoms with Gasteiger partial charge in [-0.15, -0.1) is 0 Å². The average molecular weight is 442 g/mol. The third-order valence-corrected chi connectivity index (χ3v) is 7.39. The lowest BCUT2D eigenvalue weighted by Crippen LogP contribution is -2.39. The summed E-state index contributed by atoms with van der Waals surface area (Å²) in [5, 5.41) is 0. The standard InChI is InChI=1S/C25H31NO4S/c1-25(2,3)21-10-5-19(6-11-21)9-14-24(27)26(22-15-16-31(28,29)18-22)17-20-7-12-23(30-4)13-8-20/h5-14,22H,15-18H2,1-4H3/b14-9+/t22-/m1/s1. The van der Waals surface area contributed by atoms with Crippen LogP contribution in [0.1, 0.15) is 43.9 Å². The van der Waals surface area contributed by atoms with E-state index < -0.39 is 9.84 Å². The Bertz CT molecular complexity index is 1030. The molecular formula is C25H31NO4S. The van der Waals surface area contributed by atoms with Crippen LogP contribution in [0.2, 0.25) is 0 Å². The number of hydrogen-bond donors (Lipinski definition) is 0. The summed E-state index contributed by atoms with van der Waals surface area (Å²) in [6.45, 7) is 6.84.